The number of hydrogen-bond acceptors (Lipinski definition) is 4. The van der Waals surface area contributed by atoms with Crippen LogP contribution in [0.4, 0.5) is 0 Å². The van der Waals surface area contributed by atoms with Crippen LogP contribution in [-0.4, -0.2) is 47.5 Å². The van der Waals surface area contributed by atoms with Crippen LogP contribution in [0.2, 0.25) is 0 Å². The van der Waals surface area contributed by atoms with Gasteiger partial charge >= 0.3 is 0 Å². The van der Waals surface area contributed by atoms with Gasteiger partial charge in [0.2, 0.25) is 0 Å². The highest BCUT2D eigenvalue weighted by atomic mass is 16.5. The third-order valence-corrected chi connectivity index (χ3v) is 4.95. The Bertz CT molecular complexity index is 729. The molecular formula is C21H31N3O3. The van der Waals surface area contributed by atoms with Crippen molar-refractivity contribution in [3.8, 4) is 11.8 Å². The fraction of sp³-hybridized carbons (Fsp3) is 0.619. The first-order valence-corrected chi connectivity index (χ1v) is 9.56. The van der Waals surface area contributed by atoms with Crippen LogP contribution in [0.3, 0.4) is 0 Å². The number of fused-ring (bicyclic) bond motifs is 1. The minimum Gasteiger partial charge on any atom is -0.381 e. The average molecular weight is 373 g/mol. The van der Waals surface area contributed by atoms with Crippen molar-refractivity contribution in [3.05, 3.63) is 29.6 Å². The van der Waals surface area contributed by atoms with Crippen LogP contribution >= 0.6 is 0 Å². The molecule has 1 unspecified atom stereocenters. The van der Waals surface area contributed by atoms with E-state index in [0.717, 1.165) is 24.2 Å². The van der Waals surface area contributed by atoms with E-state index in [1.807, 2.05) is 28.7 Å². The fourth-order valence-corrected chi connectivity index (χ4v) is 3.43. The van der Waals surface area contributed by atoms with Gasteiger partial charge in [0.1, 0.15) is 5.60 Å². The summed E-state index contributed by atoms with van der Waals surface area (Å²) in [5.41, 5.74) is 1.49. The maximum absolute atomic E-state index is 12.2. The molecule has 1 aromatic rings. The molecule has 0 aromatic carbocycles. The lowest BCUT2D eigenvalue weighted by molar-refractivity contribution is -0.128. The van der Waals surface area contributed by atoms with Gasteiger partial charge < -0.3 is 14.4 Å². The molecule has 1 aromatic heterocycles. The third kappa shape index (κ3) is 5.00. The van der Waals surface area contributed by atoms with E-state index in [9.17, 15) is 4.79 Å². The molecule has 6 heteroatoms. The second-order valence-electron chi connectivity index (χ2n) is 6.95. The van der Waals surface area contributed by atoms with Gasteiger partial charge in [0.15, 0.2) is 0 Å². The van der Waals surface area contributed by atoms with Gasteiger partial charge in [-0.15, -0.1) is 0 Å². The maximum atomic E-state index is 12.2. The van der Waals surface area contributed by atoms with Gasteiger partial charge in [-0.3, -0.25) is 9.48 Å². The SMILES string of the molecule is CC#CC(=O)N1CCn2nc(C(C)(CCC)OC/C=C/COC)cc2[C@@H]1C. The first-order valence-electron chi connectivity index (χ1n) is 9.56. The summed E-state index contributed by atoms with van der Waals surface area (Å²) in [6.07, 6.45) is 5.79. The molecule has 6 nitrogen and oxygen atoms in total. The van der Waals surface area contributed by atoms with Gasteiger partial charge in [-0.25, -0.2) is 0 Å². The number of carbonyl (C=O) groups excluding carboxylic acids is 1. The standard InChI is InChI=1S/C21H31N3O3/c1-6-10-20(25)23-12-13-24-18(17(23)3)16-19(22-24)21(4,11-7-2)27-15-9-8-14-26-5/h8-9,16-17H,7,11-15H2,1-5H3/b9-8+/t17-,21?/m0/s1. The van der Waals surface area contributed by atoms with E-state index in [2.05, 4.69) is 31.8 Å². The quantitative estimate of drug-likeness (QED) is 0.519. The van der Waals surface area contributed by atoms with E-state index in [0.29, 0.717) is 26.3 Å². The van der Waals surface area contributed by atoms with Crippen molar-refractivity contribution >= 4 is 5.91 Å². The maximum Gasteiger partial charge on any atom is 0.299 e. The summed E-state index contributed by atoms with van der Waals surface area (Å²) >= 11 is 0. The number of ether oxygens (including phenoxy) is 2. The Kier molecular flexibility index (Phi) is 7.64. The number of aromatic nitrogens is 2. The lowest BCUT2D eigenvalue weighted by atomic mass is 9.95. The van der Waals surface area contributed by atoms with E-state index >= 15 is 0 Å². The highest BCUT2D eigenvalue weighted by Crippen LogP contribution is 2.34. The molecule has 1 aliphatic heterocycles. The molecule has 0 spiro atoms. The minimum absolute atomic E-state index is 0.0548. The van der Waals surface area contributed by atoms with Gasteiger partial charge in [-0.05, 0) is 39.2 Å². The molecule has 0 bridgehead atoms. The van der Waals surface area contributed by atoms with Crippen LogP contribution in [-0.2, 0) is 26.4 Å². The molecule has 0 fully saturated rings. The number of rotatable bonds is 8. The molecular weight excluding hydrogens is 342 g/mol. The second-order valence-corrected chi connectivity index (χ2v) is 6.95. The van der Waals surface area contributed by atoms with Gasteiger partial charge in [0.25, 0.3) is 5.91 Å². The Balaban J connectivity index is 2.21. The first kappa shape index (κ1) is 21.2. The zero-order chi connectivity index (χ0) is 19.9. The van der Waals surface area contributed by atoms with Crippen LogP contribution in [0, 0.1) is 11.8 Å². The van der Waals surface area contributed by atoms with Gasteiger partial charge in [0.05, 0.1) is 37.2 Å². The average Bonchev–Trinajstić information content (AvgIpc) is 3.08. The lowest BCUT2D eigenvalue weighted by Crippen LogP contribution is -2.40. The van der Waals surface area contributed by atoms with E-state index < -0.39 is 5.60 Å². The Labute approximate surface area is 162 Å². The lowest BCUT2D eigenvalue weighted by Gasteiger charge is -2.32. The first-order chi connectivity index (χ1) is 13.0. The monoisotopic (exact) mass is 373 g/mol. The zero-order valence-corrected chi connectivity index (χ0v) is 17.1. The van der Waals surface area contributed by atoms with E-state index in [1.54, 1.807) is 14.0 Å². The van der Waals surface area contributed by atoms with Crippen molar-refractivity contribution < 1.29 is 14.3 Å². The largest absolute Gasteiger partial charge is 0.381 e. The van der Waals surface area contributed by atoms with Crippen molar-refractivity contribution in [2.75, 3.05) is 26.9 Å². The summed E-state index contributed by atoms with van der Waals surface area (Å²) in [6.45, 7) is 10.3. The molecule has 1 amide bonds. The summed E-state index contributed by atoms with van der Waals surface area (Å²) < 4.78 is 13.2. The highest BCUT2D eigenvalue weighted by Gasteiger charge is 2.34. The molecule has 27 heavy (non-hydrogen) atoms. The van der Waals surface area contributed by atoms with Crippen LogP contribution in [0.1, 0.15) is 58.0 Å². The molecule has 0 N–H and O–H groups in total. The highest BCUT2D eigenvalue weighted by molar-refractivity contribution is 5.93. The van der Waals surface area contributed by atoms with Crippen LogP contribution in [0.15, 0.2) is 18.2 Å². The summed E-state index contributed by atoms with van der Waals surface area (Å²) in [4.78, 5) is 14.0. The summed E-state index contributed by atoms with van der Waals surface area (Å²) in [5.74, 6) is 5.21. The fourth-order valence-electron chi connectivity index (χ4n) is 3.43. The summed E-state index contributed by atoms with van der Waals surface area (Å²) in [5, 5.41) is 4.82. The molecule has 2 atom stereocenters. The Morgan fingerprint density at radius 2 is 2.15 bits per heavy atom. The van der Waals surface area contributed by atoms with Crippen LogP contribution < -0.4 is 0 Å². The topological polar surface area (TPSA) is 56.6 Å². The van der Waals surface area contributed by atoms with Gasteiger partial charge in [-0.1, -0.05) is 31.4 Å². The van der Waals surface area contributed by atoms with Crippen molar-refractivity contribution in [1.82, 2.24) is 14.7 Å². The number of hydrogen-bond donors (Lipinski definition) is 0. The molecule has 0 saturated heterocycles. The number of carbonyl (C=O) groups is 1. The summed E-state index contributed by atoms with van der Waals surface area (Å²) in [6, 6.07) is 2.03. The van der Waals surface area contributed by atoms with Crippen LogP contribution in [0.25, 0.3) is 0 Å². The van der Waals surface area contributed by atoms with E-state index in [4.69, 9.17) is 14.6 Å². The molecule has 2 rings (SSSR count). The molecule has 1 aliphatic rings. The minimum atomic E-state index is -0.464. The number of methoxy groups -OCH3 is 1. The Morgan fingerprint density at radius 3 is 2.81 bits per heavy atom. The smallest absolute Gasteiger partial charge is 0.299 e. The normalized spacial score (nSPS) is 18.7. The zero-order valence-electron chi connectivity index (χ0n) is 17.1. The molecule has 0 radical (unpaired) electrons. The molecule has 0 aliphatic carbocycles. The second kappa shape index (κ2) is 9.72. The predicted octanol–water partition coefficient (Wildman–Crippen LogP) is 3.04. The molecule has 148 valence electrons. The third-order valence-electron chi connectivity index (χ3n) is 4.95. The Hall–Kier alpha value is -2.10. The summed E-state index contributed by atoms with van der Waals surface area (Å²) in [7, 11) is 1.67. The predicted molar refractivity (Wildman–Crippen MR) is 105 cm³/mol. The van der Waals surface area contributed by atoms with Gasteiger partial charge in [0, 0.05) is 13.7 Å². The molecule has 2 heterocycles. The van der Waals surface area contributed by atoms with Crippen LogP contribution in [0.5, 0.6) is 0 Å². The number of nitrogens with zero attached hydrogens (tertiary/aromatic N) is 3. The molecule has 0 saturated carbocycles. The van der Waals surface area contributed by atoms with Crippen molar-refractivity contribution in [2.45, 2.75) is 58.7 Å². The van der Waals surface area contributed by atoms with E-state index in [1.165, 1.54) is 0 Å². The van der Waals surface area contributed by atoms with Gasteiger partial charge in [-0.2, -0.15) is 5.10 Å². The Morgan fingerprint density at radius 1 is 1.41 bits per heavy atom. The van der Waals surface area contributed by atoms with Crippen molar-refractivity contribution in [2.24, 2.45) is 0 Å². The van der Waals surface area contributed by atoms with Crippen molar-refractivity contribution in [3.63, 3.8) is 0 Å². The number of amides is 1. The van der Waals surface area contributed by atoms with Crippen molar-refractivity contribution in [1.29, 1.82) is 0 Å². The van der Waals surface area contributed by atoms with E-state index in [-0.39, 0.29) is 11.9 Å².